The Balaban J connectivity index is 1.80. The lowest BCUT2D eigenvalue weighted by atomic mass is 9.80. The highest BCUT2D eigenvalue weighted by Crippen LogP contribution is 2.35. The summed E-state index contributed by atoms with van der Waals surface area (Å²) >= 11 is 0. The molecule has 23 heavy (non-hydrogen) atoms. The summed E-state index contributed by atoms with van der Waals surface area (Å²) in [5.74, 6) is -0.994. The standard InChI is InChI=1S/C18H23NO4/c20-16-9-2-1-7-14(16)15-8-4-10-19(15)17(21)12-5-3-6-13(11-12)18(22)23/h3,5-6,11,14-16,20H,1-2,4,7-10H2,(H,22,23). The number of rotatable bonds is 3. The van der Waals surface area contributed by atoms with Gasteiger partial charge in [0.25, 0.3) is 5.91 Å². The van der Waals surface area contributed by atoms with Gasteiger partial charge in [-0.1, -0.05) is 18.9 Å². The molecule has 1 saturated heterocycles. The highest BCUT2D eigenvalue weighted by atomic mass is 16.4. The van der Waals surface area contributed by atoms with Crippen LogP contribution in [0.4, 0.5) is 0 Å². The number of hydrogen-bond acceptors (Lipinski definition) is 3. The number of nitrogens with zero attached hydrogens (tertiary/aromatic N) is 1. The molecule has 2 fully saturated rings. The Bertz CT molecular complexity index is 600. The van der Waals surface area contributed by atoms with Crippen LogP contribution in [0.25, 0.3) is 0 Å². The van der Waals surface area contributed by atoms with E-state index in [0.717, 1.165) is 38.5 Å². The van der Waals surface area contributed by atoms with Crippen LogP contribution in [0.1, 0.15) is 59.2 Å². The van der Waals surface area contributed by atoms with Crippen molar-refractivity contribution in [1.82, 2.24) is 4.90 Å². The van der Waals surface area contributed by atoms with Gasteiger partial charge in [-0.2, -0.15) is 0 Å². The number of carboxylic acids is 1. The third kappa shape index (κ3) is 3.24. The van der Waals surface area contributed by atoms with Crippen LogP contribution in [0.5, 0.6) is 0 Å². The molecule has 5 heteroatoms. The van der Waals surface area contributed by atoms with Crippen LogP contribution in [-0.4, -0.2) is 45.7 Å². The maximum atomic E-state index is 12.8. The fourth-order valence-electron chi connectivity index (χ4n) is 4.03. The maximum Gasteiger partial charge on any atom is 0.335 e. The molecule has 5 nitrogen and oxygen atoms in total. The Labute approximate surface area is 135 Å². The Hall–Kier alpha value is -1.88. The van der Waals surface area contributed by atoms with Crippen LogP contribution in [0.15, 0.2) is 24.3 Å². The van der Waals surface area contributed by atoms with Crippen molar-refractivity contribution in [2.45, 2.75) is 50.7 Å². The van der Waals surface area contributed by atoms with Gasteiger partial charge in [0, 0.05) is 24.1 Å². The van der Waals surface area contributed by atoms with Crippen LogP contribution in [0.3, 0.4) is 0 Å². The smallest absolute Gasteiger partial charge is 0.335 e. The lowest BCUT2D eigenvalue weighted by molar-refractivity contribution is 0.0211. The number of benzene rings is 1. The third-order valence-electron chi connectivity index (χ3n) is 5.19. The van der Waals surface area contributed by atoms with Gasteiger partial charge in [-0.3, -0.25) is 4.79 Å². The number of carboxylic acid groups (broad SMARTS) is 1. The zero-order chi connectivity index (χ0) is 16.4. The van der Waals surface area contributed by atoms with E-state index in [-0.39, 0.29) is 29.5 Å². The summed E-state index contributed by atoms with van der Waals surface area (Å²) in [7, 11) is 0. The SMILES string of the molecule is O=C(O)c1cccc(C(=O)N2CCCC2C2CCCCC2O)c1. The van der Waals surface area contributed by atoms with Gasteiger partial charge in [-0.05, 0) is 43.9 Å². The Kier molecular flexibility index (Phi) is 4.66. The summed E-state index contributed by atoms with van der Waals surface area (Å²) < 4.78 is 0. The predicted molar refractivity (Wildman–Crippen MR) is 85.4 cm³/mol. The van der Waals surface area contributed by atoms with Gasteiger partial charge in [-0.25, -0.2) is 4.79 Å². The Morgan fingerprint density at radius 1 is 1.04 bits per heavy atom. The van der Waals surface area contributed by atoms with Crippen molar-refractivity contribution < 1.29 is 19.8 Å². The minimum Gasteiger partial charge on any atom is -0.478 e. The molecule has 0 aromatic heterocycles. The molecular weight excluding hydrogens is 294 g/mol. The number of hydrogen-bond donors (Lipinski definition) is 2. The molecule has 1 saturated carbocycles. The average molecular weight is 317 g/mol. The maximum absolute atomic E-state index is 12.8. The van der Waals surface area contributed by atoms with Gasteiger partial charge >= 0.3 is 5.97 Å². The van der Waals surface area contributed by atoms with Crippen molar-refractivity contribution >= 4 is 11.9 Å². The molecule has 1 heterocycles. The van der Waals surface area contributed by atoms with Crippen LogP contribution in [0.2, 0.25) is 0 Å². The zero-order valence-electron chi connectivity index (χ0n) is 13.1. The first kappa shape index (κ1) is 16.0. The van der Waals surface area contributed by atoms with Crippen molar-refractivity contribution in [2.75, 3.05) is 6.54 Å². The molecule has 3 atom stereocenters. The van der Waals surface area contributed by atoms with Crippen molar-refractivity contribution in [2.24, 2.45) is 5.92 Å². The highest BCUT2D eigenvalue weighted by Gasteiger charge is 2.39. The molecule has 1 aromatic carbocycles. The van der Waals surface area contributed by atoms with E-state index >= 15 is 0 Å². The van der Waals surface area contributed by atoms with E-state index in [1.165, 1.54) is 12.1 Å². The predicted octanol–water partition coefficient (Wildman–Crippen LogP) is 2.54. The van der Waals surface area contributed by atoms with Crippen LogP contribution >= 0.6 is 0 Å². The largest absolute Gasteiger partial charge is 0.478 e. The monoisotopic (exact) mass is 317 g/mol. The van der Waals surface area contributed by atoms with E-state index in [2.05, 4.69) is 0 Å². The number of aromatic carboxylic acids is 1. The summed E-state index contributed by atoms with van der Waals surface area (Å²) in [5, 5.41) is 19.4. The second-order valence-electron chi connectivity index (χ2n) is 6.61. The molecule has 3 rings (SSSR count). The molecule has 2 aliphatic rings. The number of likely N-dealkylation sites (tertiary alicyclic amines) is 1. The first-order chi connectivity index (χ1) is 11.1. The van der Waals surface area contributed by atoms with E-state index in [1.54, 1.807) is 12.1 Å². The fraction of sp³-hybridized carbons (Fsp3) is 0.556. The Morgan fingerprint density at radius 2 is 1.78 bits per heavy atom. The van der Waals surface area contributed by atoms with Crippen LogP contribution in [-0.2, 0) is 0 Å². The summed E-state index contributed by atoms with van der Waals surface area (Å²) in [6.45, 7) is 0.685. The molecule has 1 aromatic rings. The van der Waals surface area contributed by atoms with E-state index in [4.69, 9.17) is 5.11 Å². The van der Waals surface area contributed by atoms with Crippen LogP contribution < -0.4 is 0 Å². The first-order valence-corrected chi connectivity index (χ1v) is 8.40. The fourth-order valence-corrected chi connectivity index (χ4v) is 4.03. The van der Waals surface area contributed by atoms with E-state index in [1.807, 2.05) is 4.90 Å². The van der Waals surface area contributed by atoms with Crippen molar-refractivity contribution in [3.8, 4) is 0 Å². The van der Waals surface area contributed by atoms with Crippen molar-refractivity contribution in [1.29, 1.82) is 0 Å². The summed E-state index contributed by atoms with van der Waals surface area (Å²) in [5.41, 5.74) is 0.548. The quantitative estimate of drug-likeness (QED) is 0.898. The summed E-state index contributed by atoms with van der Waals surface area (Å²) in [4.78, 5) is 25.8. The van der Waals surface area contributed by atoms with Crippen molar-refractivity contribution in [3.63, 3.8) is 0 Å². The zero-order valence-corrected chi connectivity index (χ0v) is 13.1. The normalized spacial score (nSPS) is 27.9. The minimum atomic E-state index is -1.03. The minimum absolute atomic E-state index is 0.0753. The van der Waals surface area contributed by atoms with Gasteiger partial charge in [0.15, 0.2) is 0 Å². The van der Waals surface area contributed by atoms with Crippen LogP contribution in [0, 0.1) is 5.92 Å². The lowest BCUT2D eigenvalue weighted by Crippen LogP contribution is -2.45. The van der Waals surface area contributed by atoms with Gasteiger partial charge in [0.2, 0.25) is 0 Å². The molecule has 3 unspecified atom stereocenters. The van der Waals surface area contributed by atoms with Gasteiger partial charge in [0.1, 0.15) is 0 Å². The van der Waals surface area contributed by atoms with Gasteiger partial charge < -0.3 is 15.1 Å². The molecule has 0 bridgehead atoms. The second kappa shape index (κ2) is 6.71. The molecular formula is C18H23NO4. The first-order valence-electron chi connectivity index (χ1n) is 8.40. The van der Waals surface area contributed by atoms with E-state index in [0.29, 0.717) is 12.1 Å². The molecule has 0 radical (unpaired) electrons. The Morgan fingerprint density at radius 3 is 2.52 bits per heavy atom. The highest BCUT2D eigenvalue weighted by molar-refractivity contribution is 5.97. The third-order valence-corrected chi connectivity index (χ3v) is 5.19. The lowest BCUT2D eigenvalue weighted by Gasteiger charge is -2.37. The van der Waals surface area contributed by atoms with E-state index in [9.17, 15) is 14.7 Å². The molecule has 0 spiro atoms. The van der Waals surface area contributed by atoms with Gasteiger partial charge in [0.05, 0.1) is 11.7 Å². The topological polar surface area (TPSA) is 77.8 Å². The number of aliphatic hydroxyl groups is 1. The summed E-state index contributed by atoms with van der Waals surface area (Å²) in [6, 6.07) is 6.29. The molecule has 2 N–H and O–H groups in total. The van der Waals surface area contributed by atoms with Crippen molar-refractivity contribution in [3.05, 3.63) is 35.4 Å². The molecule has 1 aliphatic heterocycles. The average Bonchev–Trinajstić information content (AvgIpc) is 3.04. The number of carbonyl (C=O) groups excluding carboxylic acids is 1. The van der Waals surface area contributed by atoms with Gasteiger partial charge in [-0.15, -0.1) is 0 Å². The number of carbonyl (C=O) groups is 2. The number of amides is 1. The molecule has 1 aliphatic carbocycles. The second-order valence-corrected chi connectivity index (χ2v) is 6.61. The summed E-state index contributed by atoms with van der Waals surface area (Å²) in [6.07, 6.45) is 5.48. The molecule has 1 amide bonds. The van der Waals surface area contributed by atoms with E-state index < -0.39 is 5.97 Å². The number of aliphatic hydroxyl groups excluding tert-OH is 1. The molecule has 124 valence electrons.